The van der Waals surface area contributed by atoms with Crippen molar-refractivity contribution in [1.82, 2.24) is 20.0 Å². The van der Waals surface area contributed by atoms with Crippen molar-refractivity contribution >= 4 is 28.3 Å². The van der Waals surface area contributed by atoms with Gasteiger partial charge in [-0.1, -0.05) is 0 Å². The maximum absolute atomic E-state index is 10.8. The number of hydrogen-bond acceptors (Lipinski definition) is 7. The Bertz CT molecular complexity index is 829. The molecule has 1 aliphatic rings. The van der Waals surface area contributed by atoms with Gasteiger partial charge in [0.05, 0.1) is 0 Å². The van der Waals surface area contributed by atoms with Gasteiger partial charge >= 0.3 is 5.97 Å². The fraction of sp³-hybridized carbons (Fsp3) is 0.231. The molecule has 0 atom stereocenters. The summed E-state index contributed by atoms with van der Waals surface area (Å²) in [6.45, 7) is 1.35. The Labute approximate surface area is 127 Å². The van der Waals surface area contributed by atoms with Crippen molar-refractivity contribution < 1.29 is 19.4 Å². The predicted molar refractivity (Wildman–Crippen MR) is 76.7 cm³/mol. The van der Waals surface area contributed by atoms with Crippen molar-refractivity contribution in [2.24, 2.45) is 0 Å². The van der Waals surface area contributed by atoms with Crippen LogP contribution in [0.2, 0.25) is 0 Å². The number of carbonyl (C=O) groups is 1. The Kier molecular flexibility index (Phi) is 2.93. The average Bonchev–Trinajstić information content (AvgIpc) is 3.11. The van der Waals surface area contributed by atoms with Gasteiger partial charge in [0.25, 0.3) is 0 Å². The summed E-state index contributed by atoms with van der Waals surface area (Å²) in [5.41, 5.74) is 1.42. The molecule has 2 aromatic heterocycles. The van der Waals surface area contributed by atoms with Crippen molar-refractivity contribution in [3.63, 3.8) is 0 Å². The van der Waals surface area contributed by atoms with Gasteiger partial charge in [-0.3, -0.25) is 0 Å². The Morgan fingerprint density at radius 2 is 1.86 bits per heavy atom. The van der Waals surface area contributed by atoms with E-state index >= 15 is 0 Å². The fourth-order valence-corrected chi connectivity index (χ4v) is 2.91. The van der Waals surface area contributed by atoms with Crippen LogP contribution in [0.3, 0.4) is 0 Å². The number of fused-ring (bicyclic) bond motifs is 2. The van der Waals surface area contributed by atoms with Crippen LogP contribution in [0.5, 0.6) is 11.5 Å². The standard InChI is InChI=1S/C13H10N4O4S/c18-13(19)9-6-22-12(14-9)5-17-15-7-3-10-11(4-8(7)16-17)21-2-1-20-10/h3-4,6H,1-2,5H2,(H,18,19). The monoisotopic (exact) mass is 318 g/mol. The lowest BCUT2D eigenvalue weighted by Gasteiger charge is -2.17. The topological polar surface area (TPSA) is 99.4 Å². The van der Waals surface area contributed by atoms with E-state index in [0.717, 1.165) is 0 Å². The summed E-state index contributed by atoms with van der Waals surface area (Å²) in [4.78, 5) is 16.3. The number of aromatic carboxylic acids is 1. The van der Waals surface area contributed by atoms with Crippen LogP contribution in [0.4, 0.5) is 0 Å². The van der Waals surface area contributed by atoms with Gasteiger partial charge < -0.3 is 14.6 Å². The van der Waals surface area contributed by atoms with Gasteiger partial charge in [-0.05, 0) is 0 Å². The number of rotatable bonds is 3. The number of hydrogen-bond donors (Lipinski definition) is 1. The molecule has 0 saturated heterocycles. The zero-order chi connectivity index (χ0) is 15.1. The molecule has 112 valence electrons. The maximum atomic E-state index is 10.8. The summed E-state index contributed by atoms with van der Waals surface area (Å²) >= 11 is 1.27. The fourth-order valence-electron chi connectivity index (χ4n) is 2.17. The van der Waals surface area contributed by atoms with E-state index in [1.807, 2.05) is 0 Å². The molecule has 0 aliphatic carbocycles. The van der Waals surface area contributed by atoms with Gasteiger partial charge in [-0.25, -0.2) is 9.78 Å². The second-order valence-corrected chi connectivity index (χ2v) is 5.59. The number of aromatic nitrogens is 4. The van der Waals surface area contributed by atoms with E-state index < -0.39 is 5.97 Å². The lowest BCUT2D eigenvalue weighted by Crippen LogP contribution is -2.15. The van der Waals surface area contributed by atoms with Crippen LogP contribution in [0, 0.1) is 0 Å². The first-order valence-electron chi connectivity index (χ1n) is 6.51. The third kappa shape index (κ3) is 2.25. The summed E-state index contributed by atoms with van der Waals surface area (Å²) in [5.74, 6) is 0.282. The molecule has 9 heteroatoms. The average molecular weight is 318 g/mol. The summed E-state index contributed by atoms with van der Waals surface area (Å²) in [7, 11) is 0. The van der Waals surface area contributed by atoms with Crippen molar-refractivity contribution in [2.75, 3.05) is 13.2 Å². The normalized spacial score (nSPS) is 13.5. The molecule has 0 spiro atoms. The molecule has 3 aromatic rings. The van der Waals surface area contributed by atoms with Gasteiger partial charge in [0.2, 0.25) is 0 Å². The Hall–Kier alpha value is -2.68. The zero-order valence-corrected chi connectivity index (χ0v) is 12.0. The Morgan fingerprint density at radius 1 is 1.23 bits per heavy atom. The second-order valence-electron chi connectivity index (χ2n) is 4.65. The number of ether oxygens (including phenoxy) is 2. The minimum absolute atomic E-state index is 0.0361. The highest BCUT2D eigenvalue weighted by molar-refractivity contribution is 7.09. The lowest BCUT2D eigenvalue weighted by molar-refractivity contribution is 0.0691. The van der Waals surface area contributed by atoms with Crippen LogP contribution in [0.15, 0.2) is 17.5 Å². The number of nitrogens with zero attached hydrogens (tertiary/aromatic N) is 4. The molecule has 1 N–H and O–H groups in total. The molecule has 0 unspecified atom stereocenters. The van der Waals surface area contributed by atoms with Gasteiger partial charge in [0.15, 0.2) is 17.2 Å². The molecule has 0 saturated carbocycles. The van der Waals surface area contributed by atoms with E-state index in [-0.39, 0.29) is 5.69 Å². The number of carboxylic acids is 1. The lowest BCUT2D eigenvalue weighted by atomic mass is 10.2. The van der Waals surface area contributed by atoms with Crippen LogP contribution in [-0.2, 0) is 6.54 Å². The van der Waals surface area contributed by atoms with Gasteiger partial charge in [-0.15, -0.1) is 11.3 Å². The van der Waals surface area contributed by atoms with E-state index in [4.69, 9.17) is 14.6 Å². The van der Waals surface area contributed by atoms with Crippen molar-refractivity contribution in [3.05, 3.63) is 28.2 Å². The molecule has 1 aliphatic heterocycles. The van der Waals surface area contributed by atoms with Crippen LogP contribution in [0.25, 0.3) is 11.0 Å². The minimum Gasteiger partial charge on any atom is -0.486 e. The highest BCUT2D eigenvalue weighted by Gasteiger charge is 2.16. The first-order chi connectivity index (χ1) is 10.7. The molecule has 4 rings (SSSR count). The third-order valence-electron chi connectivity index (χ3n) is 3.13. The van der Waals surface area contributed by atoms with E-state index in [1.54, 1.807) is 12.1 Å². The van der Waals surface area contributed by atoms with Crippen LogP contribution in [-0.4, -0.2) is 44.3 Å². The minimum atomic E-state index is -1.04. The van der Waals surface area contributed by atoms with E-state index in [2.05, 4.69) is 15.2 Å². The smallest absolute Gasteiger partial charge is 0.355 e. The molecule has 22 heavy (non-hydrogen) atoms. The molecule has 1 aromatic carbocycles. The highest BCUT2D eigenvalue weighted by Crippen LogP contribution is 2.33. The van der Waals surface area contributed by atoms with Crippen molar-refractivity contribution in [3.8, 4) is 11.5 Å². The number of carboxylic acid groups (broad SMARTS) is 1. The summed E-state index contributed by atoms with van der Waals surface area (Å²) in [6.07, 6.45) is 0. The number of thiazole rings is 1. The zero-order valence-electron chi connectivity index (χ0n) is 11.2. The second kappa shape index (κ2) is 4.95. The van der Waals surface area contributed by atoms with E-state index in [1.165, 1.54) is 21.5 Å². The molecule has 0 amide bonds. The maximum Gasteiger partial charge on any atom is 0.355 e. The molecule has 0 fully saturated rings. The SMILES string of the molecule is O=C(O)c1csc(Cn2nc3cc4c(cc3n2)OCCO4)n1. The molecular weight excluding hydrogens is 308 g/mol. The van der Waals surface area contributed by atoms with Crippen LogP contribution < -0.4 is 9.47 Å². The molecule has 3 heterocycles. The summed E-state index contributed by atoms with van der Waals surface area (Å²) < 4.78 is 11.0. The first kappa shape index (κ1) is 13.0. The molecule has 8 nitrogen and oxygen atoms in total. The van der Waals surface area contributed by atoms with Gasteiger partial charge in [-0.2, -0.15) is 15.0 Å². The molecule has 0 bridgehead atoms. The number of benzene rings is 1. The van der Waals surface area contributed by atoms with E-state index in [9.17, 15) is 4.79 Å². The van der Waals surface area contributed by atoms with Crippen LogP contribution in [0.1, 0.15) is 15.5 Å². The highest BCUT2D eigenvalue weighted by atomic mass is 32.1. The van der Waals surface area contributed by atoms with Gasteiger partial charge in [0, 0.05) is 17.5 Å². The largest absolute Gasteiger partial charge is 0.486 e. The summed E-state index contributed by atoms with van der Waals surface area (Å²) in [6, 6.07) is 3.58. The van der Waals surface area contributed by atoms with Crippen molar-refractivity contribution in [2.45, 2.75) is 6.54 Å². The van der Waals surface area contributed by atoms with E-state index in [0.29, 0.717) is 47.3 Å². The summed E-state index contributed by atoms with van der Waals surface area (Å²) in [5, 5.41) is 19.7. The Morgan fingerprint density at radius 3 is 2.41 bits per heavy atom. The quantitative estimate of drug-likeness (QED) is 0.779. The first-order valence-corrected chi connectivity index (χ1v) is 7.39. The molecular formula is C13H10N4O4S. The van der Waals surface area contributed by atoms with Crippen LogP contribution >= 0.6 is 11.3 Å². The van der Waals surface area contributed by atoms with Gasteiger partial charge in [0.1, 0.15) is 35.8 Å². The molecule has 0 radical (unpaired) electrons. The Balaban J connectivity index is 1.65. The predicted octanol–water partition coefficient (Wildman–Crippen LogP) is 1.41. The third-order valence-corrected chi connectivity index (χ3v) is 3.97. The van der Waals surface area contributed by atoms with Crippen molar-refractivity contribution in [1.29, 1.82) is 0 Å².